The standard InChI is InChI=1S/C14H22N2O3/c1-9(2)12(14(18)19-5)15-13(17)11-7-6-8-16(11)10(3)4/h6-10,12H,1-5H3,(H,15,17). The molecule has 0 aliphatic heterocycles. The highest BCUT2D eigenvalue weighted by molar-refractivity contribution is 5.95. The van der Waals surface area contributed by atoms with Crippen molar-refractivity contribution in [1.82, 2.24) is 9.88 Å². The summed E-state index contributed by atoms with van der Waals surface area (Å²) in [7, 11) is 1.32. The maximum atomic E-state index is 12.2. The van der Waals surface area contributed by atoms with E-state index < -0.39 is 12.0 Å². The molecule has 0 aliphatic rings. The van der Waals surface area contributed by atoms with Crippen LogP contribution >= 0.6 is 0 Å². The molecule has 0 radical (unpaired) electrons. The monoisotopic (exact) mass is 266 g/mol. The first-order valence-corrected chi connectivity index (χ1v) is 6.44. The first-order valence-electron chi connectivity index (χ1n) is 6.44. The van der Waals surface area contributed by atoms with Gasteiger partial charge in [0.25, 0.3) is 5.91 Å². The fourth-order valence-electron chi connectivity index (χ4n) is 1.88. The average Bonchev–Trinajstić information content (AvgIpc) is 2.83. The largest absolute Gasteiger partial charge is 0.467 e. The van der Waals surface area contributed by atoms with Crippen molar-refractivity contribution in [1.29, 1.82) is 0 Å². The molecule has 106 valence electrons. The van der Waals surface area contributed by atoms with Crippen LogP contribution in [0.25, 0.3) is 0 Å². The van der Waals surface area contributed by atoms with E-state index in [1.165, 1.54) is 7.11 Å². The van der Waals surface area contributed by atoms with Crippen molar-refractivity contribution in [2.24, 2.45) is 5.92 Å². The van der Waals surface area contributed by atoms with E-state index in [4.69, 9.17) is 4.74 Å². The van der Waals surface area contributed by atoms with Crippen LogP contribution in [0, 0.1) is 5.92 Å². The number of aromatic nitrogens is 1. The van der Waals surface area contributed by atoms with Gasteiger partial charge in [-0.1, -0.05) is 13.8 Å². The van der Waals surface area contributed by atoms with E-state index in [9.17, 15) is 9.59 Å². The predicted molar refractivity (Wildman–Crippen MR) is 72.9 cm³/mol. The Bertz CT molecular complexity index is 449. The Balaban J connectivity index is 2.88. The molecule has 1 aromatic heterocycles. The molecule has 1 amide bonds. The third-order valence-electron chi connectivity index (χ3n) is 2.98. The van der Waals surface area contributed by atoms with Gasteiger partial charge < -0.3 is 14.6 Å². The third-order valence-corrected chi connectivity index (χ3v) is 2.98. The highest BCUT2D eigenvalue weighted by Crippen LogP contribution is 2.12. The molecule has 0 saturated heterocycles. The van der Waals surface area contributed by atoms with Crippen molar-refractivity contribution in [3.05, 3.63) is 24.0 Å². The van der Waals surface area contributed by atoms with E-state index in [0.717, 1.165) is 0 Å². The number of nitrogens with zero attached hydrogens (tertiary/aromatic N) is 1. The summed E-state index contributed by atoms with van der Waals surface area (Å²) in [5, 5.41) is 2.73. The van der Waals surface area contributed by atoms with Gasteiger partial charge in [-0.3, -0.25) is 4.79 Å². The zero-order valence-electron chi connectivity index (χ0n) is 12.1. The summed E-state index contributed by atoms with van der Waals surface area (Å²) < 4.78 is 6.57. The van der Waals surface area contributed by atoms with Crippen LogP contribution in [0.5, 0.6) is 0 Å². The Morgan fingerprint density at radius 1 is 1.26 bits per heavy atom. The van der Waals surface area contributed by atoms with Gasteiger partial charge in [0.15, 0.2) is 0 Å². The molecule has 1 atom stereocenters. The van der Waals surface area contributed by atoms with Gasteiger partial charge in [0.2, 0.25) is 0 Å². The quantitative estimate of drug-likeness (QED) is 0.829. The van der Waals surface area contributed by atoms with Crippen LogP contribution in [0.3, 0.4) is 0 Å². The van der Waals surface area contributed by atoms with Crippen molar-refractivity contribution < 1.29 is 14.3 Å². The Hall–Kier alpha value is -1.78. The summed E-state index contributed by atoms with van der Waals surface area (Å²) in [4.78, 5) is 23.9. The van der Waals surface area contributed by atoms with Crippen molar-refractivity contribution in [2.45, 2.75) is 39.8 Å². The first-order chi connectivity index (χ1) is 8.88. The Morgan fingerprint density at radius 2 is 1.89 bits per heavy atom. The molecular weight excluding hydrogens is 244 g/mol. The number of carbonyl (C=O) groups excluding carboxylic acids is 2. The van der Waals surface area contributed by atoms with Crippen LogP contribution in [-0.4, -0.2) is 29.6 Å². The summed E-state index contributed by atoms with van der Waals surface area (Å²) in [5.74, 6) is -0.715. The van der Waals surface area contributed by atoms with Crippen LogP contribution in [0.1, 0.15) is 44.2 Å². The summed E-state index contributed by atoms with van der Waals surface area (Å²) in [6.07, 6.45) is 1.85. The number of hydrogen-bond donors (Lipinski definition) is 1. The van der Waals surface area contributed by atoms with Gasteiger partial charge in [0.05, 0.1) is 7.11 Å². The SMILES string of the molecule is COC(=O)C(NC(=O)c1cccn1C(C)C)C(C)C. The van der Waals surface area contributed by atoms with Gasteiger partial charge in [-0.25, -0.2) is 4.79 Å². The lowest BCUT2D eigenvalue weighted by Gasteiger charge is -2.21. The van der Waals surface area contributed by atoms with Crippen molar-refractivity contribution in [2.75, 3.05) is 7.11 Å². The topological polar surface area (TPSA) is 60.3 Å². The molecule has 1 aromatic rings. The molecule has 5 nitrogen and oxygen atoms in total. The second-order valence-electron chi connectivity index (χ2n) is 5.11. The number of carbonyl (C=O) groups is 2. The molecule has 5 heteroatoms. The molecule has 0 spiro atoms. The average molecular weight is 266 g/mol. The van der Waals surface area contributed by atoms with E-state index >= 15 is 0 Å². The van der Waals surface area contributed by atoms with Crippen LogP contribution in [0.2, 0.25) is 0 Å². The van der Waals surface area contributed by atoms with Gasteiger partial charge in [-0.05, 0) is 31.9 Å². The molecule has 0 fully saturated rings. The van der Waals surface area contributed by atoms with E-state index in [1.807, 2.05) is 44.5 Å². The summed E-state index contributed by atoms with van der Waals surface area (Å²) in [6.45, 7) is 7.72. The minimum absolute atomic E-state index is 0.0288. The Kier molecular flexibility index (Phi) is 5.15. The Morgan fingerprint density at radius 3 is 2.37 bits per heavy atom. The van der Waals surface area contributed by atoms with Crippen LogP contribution in [0.4, 0.5) is 0 Å². The first kappa shape index (κ1) is 15.3. The smallest absolute Gasteiger partial charge is 0.328 e. The number of methoxy groups -OCH3 is 1. The van der Waals surface area contributed by atoms with Crippen molar-refractivity contribution >= 4 is 11.9 Å². The zero-order chi connectivity index (χ0) is 14.6. The predicted octanol–water partition coefficient (Wildman–Crippen LogP) is 2.00. The summed E-state index contributed by atoms with van der Waals surface area (Å²) in [5.41, 5.74) is 0.546. The highest BCUT2D eigenvalue weighted by atomic mass is 16.5. The number of ether oxygens (including phenoxy) is 1. The Labute approximate surface area is 113 Å². The molecular formula is C14H22N2O3. The number of rotatable bonds is 5. The minimum Gasteiger partial charge on any atom is -0.467 e. The number of nitrogens with one attached hydrogen (secondary N) is 1. The van der Waals surface area contributed by atoms with E-state index in [0.29, 0.717) is 5.69 Å². The summed E-state index contributed by atoms with van der Waals surface area (Å²) in [6, 6.07) is 3.11. The second kappa shape index (κ2) is 6.41. The lowest BCUT2D eigenvalue weighted by molar-refractivity contribution is -0.144. The van der Waals surface area contributed by atoms with E-state index in [1.54, 1.807) is 6.07 Å². The molecule has 1 unspecified atom stereocenters. The van der Waals surface area contributed by atoms with Gasteiger partial charge in [0, 0.05) is 12.2 Å². The maximum absolute atomic E-state index is 12.2. The van der Waals surface area contributed by atoms with Gasteiger partial charge in [-0.15, -0.1) is 0 Å². The van der Waals surface area contributed by atoms with Gasteiger partial charge in [0.1, 0.15) is 11.7 Å². The van der Waals surface area contributed by atoms with Crippen molar-refractivity contribution in [3.8, 4) is 0 Å². The fraction of sp³-hybridized carbons (Fsp3) is 0.571. The third kappa shape index (κ3) is 3.59. The van der Waals surface area contributed by atoms with Crippen molar-refractivity contribution in [3.63, 3.8) is 0 Å². The lowest BCUT2D eigenvalue weighted by atomic mass is 10.0. The van der Waals surface area contributed by atoms with Gasteiger partial charge in [-0.2, -0.15) is 0 Å². The molecule has 19 heavy (non-hydrogen) atoms. The summed E-state index contributed by atoms with van der Waals surface area (Å²) >= 11 is 0. The zero-order valence-corrected chi connectivity index (χ0v) is 12.1. The van der Waals surface area contributed by atoms with Crippen LogP contribution in [-0.2, 0) is 9.53 Å². The van der Waals surface area contributed by atoms with Crippen LogP contribution in [0.15, 0.2) is 18.3 Å². The minimum atomic E-state index is -0.631. The van der Waals surface area contributed by atoms with Gasteiger partial charge >= 0.3 is 5.97 Å². The number of hydrogen-bond acceptors (Lipinski definition) is 3. The molecule has 1 N–H and O–H groups in total. The molecule has 1 rings (SSSR count). The second-order valence-corrected chi connectivity index (χ2v) is 5.11. The number of amides is 1. The molecule has 0 saturated carbocycles. The van der Waals surface area contributed by atoms with Crippen LogP contribution < -0.4 is 5.32 Å². The molecule has 0 aliphatic carbocycles. The fourth-order valence-corrected chi connectivity index (χ4v) is 1.88. The lowest BCUT2D eigenvalue weighted by Crippen LogP contribution is -2.45. The van der Waals surface area contributed by atoms with E-state index in [-0.39, 0.29) is 17.9 Å². The molecule has 1 heterocycles. The highest BCUT2D eigenvalue weighted by Gasteiger charge is 2.26. The molecule has 0 aromatic carbocycles. The molecule has 0 bridgehead atoms. The normalized spacial score (nSPS) is 12.6. The number of esters is 1. The maximum Gasteiger partial charge on any atom is 0.328 e. The van der Waals surface area contributed by atoms with E-state index in [2.05, 4.69) is 5.32 Å².